The number of hydrogen-bond acceptors (Lipinski definition) is 2. The van der Waals surface area contributed by atoms with E-state index < -0.39 is 17.9 Å². The minimum Gasteiger partial charge on any atom is -0.366 e. The van der Waals surface area contributed by atoms with Crippen LogP contribution in [0, 0.1) is 0 Å². The molecule has 1 heterocycles. The molecule has 3 aromatic rings. The van der Waals surface area contributed by atoms with Crippen LogP contribution in [0.4, 0.5) is 13.2 Å². The van der Waals surface area contributed by atoms with E-state index >= 15 is 0 Å². The van der Waals surface area contributed by atoms with E-state index in [1.165, 1.54) is 18.2 Å². The number of carbonyl (C=O) groups is 1. The first-order valence-corrected chi connectivity index (χ1v) is 6.33. The number of nitrogens with two attached hydrogens (primary N) is 1. The molecule has 2 aromatic carbocycles. The molecular weight excluding hydrogens is 295 g/mol. The molecule has 0 aliphatic rings. The molecule has 0 saturated heterocycles. The van der Waals surface area contributed by atoms with E-state index in [1.54, 1.807) is 30.3 Å². The molecule has 3 rings (SSSR count). The SMILES string of the molecule is NC(=O)c1ccc2c(c1)nc(C(F)(F)F)n2-c1ccccc1. The van der Waals surface area contributed by atoms with E-state index in [9.17, 15) is 18.0 Å². The summed E-state index contributed by atoms with van der Waals surface area (Å²) in [6.45, 7) is 0. The van der Waals surface area contributed by atoms with Crippen LogP contribution < -0.4 is 5.73 Å². The Balaban J connectivity index is 2.35. The first kappa shape index (κ1) is 14.1. The van der Waals surface area contributed by atoms with Gasteiger partial charge in [0.25, 0.3) is 0 Å². The molecular formula is C15H10F3N3O. The third-order valence-corrected chi connectivity index (χ3v) is 3.21. The van der Waals surface area contributed by atoms with Gasteiger partial charge in [-0.05, 0) is 30.3 Å². The lowest BCUT2D eigenvalue weighted by Gasteiger charge is -2.11. The lowest BCUT2D eigenvalue weighted by molar-refractivity contribution is -0.145. The number of para-hydroxylation sites is 1. The van der Waals surface area contributed by atoms with Crippen LogP contribution in [0.25, 0.3) is 16.7 Å². The lowest BCUT2D eigenvalue weighted by Crippen LogP contribution is -2.13. The average molecular weight is 305 g/mol. The molecule has 1 aromatic heterocycles. The molecule has 0 fully saturated rings. The minimum atomic E-state index is -4.62. The van der Waals surface area contributed by atoms with Crippen molar-refractivity contribution in [1.82, 2.24) is 9.55 Å². The maximum Gasteiger partial charge on any atom is 0.450 e. The highest BCUT2D eigenvalue weighted by atomic mass is 19.4. The zero-order valence-corrected chi connectivity index (χ0v) is 11.1. The fraction of sp³-hybridized carbons (Fsp3) is 0.0667. The fourth-order valence-corrected chi connectivity index (χ4v) is 2.26. The molecule has 0 aliphatic carbocycles. The van der Waals surface area contributed by atoms with E-state index in [0.29, 0.717) is 5.69 Å². The highest BCUT2D eigenvalue weighted by molar-refractivity contribution is 5.96. The monoisotopic (exact) mass is 305 g/mol. The number of benzene rings is 2. The molecule has 0 spiro atoms. The first-order chi connectivity index (χ1) is 10.4. The van der Waals surface area contributed by atoms with Crippen molar-refractivity contribution in [3.8, 4) is 5.69 Å². The van der Waals surface area contributed by atoms with Gasteiger partial charge in [-0.3, -0.25) is 9.36 Å². The summed E-state index contributed by atoms with van der Waals surface area (Å²) in [4.78, 5) is 14.8. The number of aromatic nitrogens is 2. The molecule has 112 valence electrons. The van der Waals surface area contributed by atoms with Crippen LogP contribution in [-0.2, 0) is 6.18 Å². The summed E-state index contributed by atoms with van der Waals surface area (Å²) in [7, 11) is 0. The van der Waals surface area contributed by atoms with Crippen LogP contribution in [0.2, 0.25) is 0 Å². The average Bonchev–Trinajstić information content (AvgIpc) is 2.86. The summed E-state index contributed by atoms with van der Waals surface area (Å²) in [5.41, 5.74) is 5.91. The maximum absolute atomic E-state index is 13.3. The highest BCUT2D eigenvalue weighted by Gasteiger charge is 2.38. The molecule has 0 saturated carbocycles. The van der Waals surface area contributed by atoms with Crippen molar-refractivity contribution < 1.29 is 18.0 Å². The van der Waals surface area contributed by atoms with Crippen LogP contribution in [0.5, 0.6) is 0 Å². The number of alkyl halides is 3. The standard InChI is InChI=1S/C15H10F3N3O/c16-15(17,18)14-20-11-8-9(13(19)22)6-7-12(11)21(14)10-4-2-1-3-5-10/h1-8H,(H2,19,22). The molecule has 22 heavy (non-hydrogen) atoms. The number of primary amides is 1. The van der Waals surface area contributed by atoms with Crippen molar-refractivity contribution in [2.24, 2.45) is 5.73 Å². The fourth-order valence-electron chi connectivity index (χ4n) is 2.26. The smallest absolute Gasteiger partial charge is 0.366 e. The number of carbonyl (C=O) groups excluding carboxylic acids is 1. The third-order valence-electron chi connectivity index (χ3n) is 3.21. The normalized spacial score (nSPS) is 11.8. The Morgan fingerprint density at radius 3 is 2.36 bits per heavy atom. The number of imidazole rings is 1. The second-order valence-corrected chi connectivity index (χ2v) is 4.67. The lowest BCUT2D eigenvalue weighted by atomic mass is 10.2. The molecule has 0 bridgehead atoms. The quantitative estimate of drug-likeness (QED) is 0.790. The Bertz CT molecular complexity index is 854. The third kappa shape index (κ3) is 2.30. The first-order valence-electron chi connectivity index (χ1n) is 6.33. The van der Waals surface area contributed by atoms with Crippen LogP contribution in [-0.4, -0.2) is 15.5 Å². The summed E-state index contributed by atoms with van der Waals surface area (Å²) in [5, 5.41) is 0. The topological polar surface area (TPSA) is 60.9 Å². The minimum absolute atomic E-state index is 0.0625. The van der Waals surface area contributed by atoms with Crippen molar-refractivity contribution in [3.63, 3.8) is 0 Å². The van der Waals surface area contributed by atoms with Gasteiger partial charge in [0.2, 0.25) is 11.7 Å². The molecule has 7 heteroatoms. The molecule has 0 radical (unpaired) electrons. The van der Waals surface area contributed by atoms with E-state index in [0.717, 1.165) is 4.57 Å². The number of halogens is 3. The molecule has 0 unspecified atom stereocenters. The Hall–Kier alpha value is -2.83. The molecule has 4 nitrogen and oxygen atoms in total. The molecule has 1 amide bonds. The highest BCUT2D eigenvalue weighted by Crippen LogP contribution is 2.33. The summed E-state index contributed by atoms with van der Waals surface area (Å²) in [6.07, 6.45) is -4.62. The zero-order chi connectivity index (χ0) is 15.9. The maximum atomic E-state index is 13.3. The van der Waals surface area contributed by atoms with Crippen molar-refractivity contribution >= 4 is 16.9 Å². The number of amides is 1. The largest absolute Gasteiger partial charge is 0.450 e. The van der Waals surface area contributed by atoms with Crippen molar-refractivity contribution in [2.45, 2.75) is 6.18 Å². The van der Waals surface area contributed by atoms with Crippen LogP contribution in [0.15, 0.2) is 48.5 Å². The zero-order valence-electron chi connectivity index (χ0n) is 11.1. The van der Waals surface area contributed by atoms with Crippen LogP contribution >= 0.6 is 0 Å². The second kappa shape index (κ2) is 4.87. The van der Waals surface area contributed by atoms with Gasteiger partial charge in [-0.15, -0.1) is 0 Å². The van der Waals surface area contributed by atoms with Gasteiger partial charge in [0, 0.05) is 11.3 Å². The van der Waals surface area contributed by atoms with Crippen molar-refractivity contribution in [3.05, 3.63) is 59.9 Å². The molecule has 0 atom stereocenters. The molecule has 0 aliphatic heterocycles. The second-order valence-electron chi connectivity index (χ2n) is 4.67. The van der Waals surface area contributed by atoms with Crippen LogP contribution in [0.1, 0.15) is 16.2 Å². The van der Waals surface area contributed by atoms with Gasteiger partial charge in [-0.1, -0.05) is 18.2 Å². The van der Waals surface area contributed by atoms with E-state index in [1.807, 2.05) is 0 Å². The number of rotatable bonds is 2. The Labute approximate surface area is 123 Å². The number of fused-ring (bicyclic) bond motifs is 1. The Morgan fingerprint density at radius 1 is 1.09 bits per heavy atom. The van der Waals surface area contributed by atoms with Gasteiger partial charge in [-0.2, -0.15) is 13.2 Å². The van der Waals surface area contributed by atoms with Crippen molar-refractivity contribution in [1.29, 1.82) is 0 Å². The predicted octanol–water partition coefficient (Wildman–Crippen LogP) is 3.14. The van der Waals surface area contributed by atoms with Crippen molar-refractivity contribution in [2.75, 3.05) is 0 Å². The van der Waals surface area contributed by atoms with Gasteiger partial charge in [0.15, 0.2) is 0 Å². The van der Waals surface area contributed by atoms with Gasteiger partial charge >= 0.3 is 6.18 Å². The summed E-state index contributed by atoms with van der Waals surface area (Å²) in [5.74, 6) is -1.76. The van der Waals surface area contributed by atoms with E-state index in [4.69, 9.17) is 5.73 Å². The number of hydrogen-bond donors (Lipinski definition) is 1. The Morgan fingerprint density at radius 2 is 1.77 bits per heavy atom. The summed E-state index contributed by atoms with van der Waals surface area (Å²) >= 11 is 0. The number of nitrogens with zero attached hydrogens (tertiary/aromatic N) is 2. The summed E-state index contributed by atoms with van der Waals surface area (Å²) in [6, 6.07) is 12.1. The van der Waals surface area contributed by atoms with Gasteiger partial charge < -0.3 is 5.73 Å². The van der Waals surface area contributed by atoms with Gasteiger partial charge in [-0.25, -0.2) is 4.98 Å². The molecule has 2 N–H and O–H groups in total. The summed E-state index contributed by atoms with van der Waals surface area (Å²) < 4.78 is 40.8. The van der Waals surface area contributed by atoms with Gasteiger partial charge in [0.05, 0.1) is 11.0 Å². The van der Waals surface area contributed by atoms with Gasteiger partial charge in [0.1, 0.15) is 0 Å². The van der Waals surface area contributed by atoms with Crippen LogP contribution in [0.3, 0.4) is 0 Å². The van der Waals surface area contributed by atoms with E-state index in [-0.39, 0.29) is 16.6 Å². The van der Waals surface area contributed by atoms with E-state index in [2.05, 4.69) is 4.98 Å². The predicted molar refractivity (Wildman–Crippen MR) is 74.6 cm³/mol. The Kier molecular flexibility index (Phi) is 3.13.